The summed E-state index contributed by atoms with van der Waals surface area (Å²) in [7, 11) is 0. The Morgan fingerprint density at radius 3 is 2.67 bits per heavy atom. The number of aliphatic hydroxyl groups excluding tert-OH is 1. The summed E-state index contributed by atoms with van der Waals surface area (Å²) in [5, 5.41) is 8.56. The normalized spacial score (nSPS) is 10.3. The molecule has 0 aromatic carbocycles. The van der Waals surface area contributed by atoms with E-state index in [-0.39, 0.29) is 0 Å². The lowest BCUT2D eigenvalue weighted by Gasteiger charge is -2.02. The Kier molecular flexibility index (Phi) is 12.0. The van der Waals surface area contributed by atoms with Crippen LogP contribution in [0.1, 0.15) is 26.7 Å². The monoisotopic (exact) mass is 233 g/mol. The Morgan fingerprint density at radius 1 is 1.20 bits per heavy atom. The first-order valence-electron chi connectivity index (χ1n) is 5.51. The lowest BCUT2D eigenvalue weighted by molar-refractivity contribution is 0.158. The van der Waals surface area contributed by atoms with Gasteiger partial charge in [-0.1, -0.05) is 0 Å². The molecule has 1 N–H and O–H groups in total. The smallest absolute Gasteiger partial charge is 0.0662 e. The molecule has 0 radical (unpaired) electrons. The number of hydrogen-bond donors (Lipinski definition) is 1. The van der Waals surface area contributed by atoms with E-state index in [1.54, 1.807) is 0 Å². The van der Waals surface area contributed by atoms with Gasteiger partial charge in [0.1, 0.15) is 0 Å². The fourth-order valence-corrected chi connectivity index (χ4v) is 1.82. The molecule has 90 valence electrons. The largest absolute Gasteiger partial charge is 0.396 e. The van der Waals surface area contributed by atoms with E-state index in [0.29, 0.717) is 6.61 Å². The molecule has 0 aromatic rings. The molecule has 4 heteroatoms. The number of nitrogens with zero attached hydrogens (tertiary/aromatic N) is 1. The van der Waals surface area contributed by atoms with Crippen LogP contribution in [0, 0.1) is 0 Å². The summed E-state index contributed by atoms with van der Waals surface area (Å²) in [4.78, 5) is 4.24. The van der Waals surface area contributed by atoms with Crippen LogP contribution in [0.15, 0.2) is 4.99 Å². The number of rotatable bonds is 10. The molecule has 0 aliphatic heterocycles. The van der Waals surface area contributed by atoms with E-state index in [0.717, 1.165) is 49.8 Å². The molecule has 0 saturated heterocycles. The number of aliphatic hydroxyl groups is 1. The Bertz CT molecular complexity index is 159. The number of thioether (sulfide) groups is 1. The first-order chi connectivity index (χ1) is 7.27. The molecule has 0 atom stereocenters. The summed E-state index contributed by atoms with van der Waals surface area (Å²) in [6.07, 6.45) is 2.01. The van der Waals surface area contributed by atoms with Crippen molar-refractivity contribution in [3.05, 3.63) is 0 Å². The van der Waals surface area contributed by atoms with Gasteiger partial charge in [-0.15, -0.1) is 0 Å². The van der Waals surface area contributed by atoms with E-state index >= 15 is 0 Å². The Hall–Kier alpha value is -0.0600. The molecule has 0 aliphatic rings. The van der Waals surface area contributed by atoms with Crippen LogP contribution in [-0.2, 0) is 4.74 Å². The van der Waals surface area contributed by atoms with E-state index in [4.69, 9.17) is 9.84 Å². The van der Waals surface area contributed by atoms with Crippen molar-refractivity contribution < 1.29 is 9.84 Å². The second kappa shape index (κ2) is 12.0. The highest BCUT2D eigenvalue weighted by atomic mass is 32.2. The van der Waals surface area contributed by atoms with E-state index in [1.807, 2.05) is 25.6 Å². The summed E-state index contributed by atoms with van der Waals surface area (Å²) in [5.74, 6) is 2.16. The zero-order valence-corrected chi connectivity index (χ0v) is 10.7. The van der Waals surface area contributed by atoms with Crippen molar-refractivity contribution >= 4 is 17.5 Å². The van der Waals surface area contributed by atoms with Gasteiger partial charge in [0, 0.05) is 18.1 Å². The topological polar surface area (TPSA) is 41.8 Å². The Balaban J connectivity index is 2.96. The van der Waals surface area contributed by atoms with Crippen molar-refractivity contribution in [1.29, 1.82) is 0 Å². The maximum Gasteiger partial charge on any atom is 0.0662 e. The van der Waals surface area contributed by atoms with Crippen LogP contribution in [0.2, 0.25) is 0 Å². The van der Waals surface area contributed by atoms with Gasteiger partial charge in [-0.25, -0.2) is 0 Å². The minimum Gasteiger partial charge on any atom is -0.396 e. The van der Waals surface area contributed by atoms with Gasteiger partial charge in [-0.05, 0) is 32.4 Å². The van der Waals surface area contributed by atoms with Crippen LogP contribution in [0.4, 0.5) is 0 Å². The maximum atomic E-state index is 8.56. The molecular formula is C11H23NO2S. The third-order valence-corrected chi connectivity index (χ3v) is 2.77. The van der Waals surface area contributed by atoms with E-state index in [9.17, 15) is 0 Å². The van der Waals surface area contributed by atoms with Gasteiger partial charge in [0.2, 0.25) is 0 Å². The van der Waals surface area contributed by atoms with E-state index < -0.39 is 0 Å². The zero-order chi connectivity index (χ0) is 11.4. The van der Waals surface area contributed by atoms with Crippen LogP contribution in [0.3, 0.4) is 0 Å². The van der Waals surface area contributed by atoms with Crippen LogP contribution in [0.5, 0.6) is 0 Å². The van der Waals surface area contributed by atoms with Gasteiger partial charge in [0.15, 0.2) is 0 Å². The average Bonchev–Trinajstić information content (AvgIpc) is 2.20. The predicted octanol–water partition coefficient (Wildman–Crippen LogP) is 1.99. The zero-order valence-electron chi connectivity index (χ0n) is 9.87. The molecule has 0 amide bonds. The van der Waals surface area contributed by atoms with Crippen LogP contribution in [0.25, 0.3) is 0 Å². The Labute approximate surface area is 97.3 Å². The molecule has 0 saturated carbocycles. The maximum absolute atomic E-state index is 8.56. The molecular weight excluding hydrogens is 210 g/mol. The number of hydrogen-bond acceptors (Lipinski definition) is 4. The predicted molar refractivity (Wildman–Crippen MR) is 68.1 cm³/mol. The molecule has 0 aliphatic carbocycles. The molecule has 0 fully saturated rings. The highest BCUT2D eigenvalue weighted by Crippen LogP contribution is 2.03. The van der Waals surface area contributed by atoms with E-state index in [2.05, 4.69) is 4.99 Å². The van der Waals surface area contributed by atoms with Crippen molar-refractivity contribution in [3.63, 3.8) is 0 Å². The minimum absolute atomic E-state index is 0.311. The summed E-state index contributed by atoms with van der Waals surface area (Å²) in [6, 6.07) is 0. The summed E-state index contributed by atoms with van der Waals surface area (Å²) in [6.45, 7) is 6.61. The molecule has 0 rings (SSSR count). The van der Waals surface area contributed by atoms with Gasteiger partial charge in [-0.2, -0.15) is 11.8 Å². The van der Waals surface area contributed by atoms with Crippen LogP contribution in [-0.4, -0.2) is 48.7 Å². The minimum atomic E-state index is 0.311. The molecule has 0 bridgehead atoms. The van der Waals surface area contributed by atoms with Gasteiger partial charge < -0.3 is 9.84 Å². The third-order valence-electron chi connectivity index (χ3n) is 1.73. The van der Waals surface area contributed by atoms with Crippen molar-refractivity contribution in [2.45, 2.75) is 26.7 Å². The van der Waals surface area contributed by atoms with Crippen LogP contribution >= 0.6 is 11.8 Å². The molecule has 15 heavy (non-hydrogen) atoms. The molecule has 0 unspecified atom stereocenters. The average molecular weight is 233 g/mol. The molecule has 0 aromatic heterocycles. The van der Waals surface area contributed by atoms with Crippen LogP contribution < -0.4 is 0 Å². The summed E-state index contributed by atoms with van der Waals surface area (Å²) >= 11 is 1.89. The molecule has 3 nitrogen and oxygen atoms in total. The number of unbranched alkanes of at least 4 members (excludes halogenated alkanes) is 1. The van der Waals surface area contributed by atoms with Gasteiger partial charge >= 0.3 is 0 Å². The third kappa shape index (κ3) is 13.9. The highest BCUT2D eigenvalue weighted by Gasteiger charge is 1.91. The number of ether oxygens (including phenoxy) is 1. The van der Waals surface area contributed by atoms with E-state index in [1.165, 1.54) is 0 Å². The Morgan fingerprint density at radius 2 is 2.00 bits per heavy atom. The van der Waals surface area contributed by atoms with Gasteiger partial charge in [-0.3, -0.25) is 4.99 Å². The van der Waals surface area contributed by atoms with Crippen molar-refractivity contribution in [1.82, 2.24) is 0 Å². The second-order valence-corrected chi connectivity index (χ2v) is 4.71. The SMILES string of the molecule is CC(C)=NCCOCCSCCCCO. The van der Waals surface area contributed by atoms with Crippen molar-refractivity contribution in [2.24, 2.45) is 4.99 Å². The summed E-state index contributed by atoms with van der Waals surface area (Å²) in [5.41, 5.74) is 1.11. The molecule has 0 spiro atoms. The first-order valence-corrected chi connectivity index (χ1v) is 6.67. The standard InChI is InChI=1S/C11H23NO2S/c1-11(2)12-5-7-14-8-10-15-9-4-3-6-13/h13H,3-10H2,1-2H3. The lowest BCUT2D eigenvalue weighted by atomic mass is 10.4. The number of aliphatic imine (C=N–C) groups is 1. The second-order valence-electron chi connectivity index (χ2n) is 3.48. The molecule has 0 heterocycles. The van der Waals surface area contributed by atoms with Gasteiger partial charge in [0.05, 0.1) is 19.8 Å². The lowest BCUT2D eigenvalue weighted by Crippen LogP contribution is -2.03. The fraction of sp³-hybridized carbons (Fsp3) is 0.909. The van der Waals surface area contributed by atoms with Gasteiger partial charge in [0.25, 0.3) is 0 Å². The fourth-order valence-electron chi connectivity index (χ4n) is 0.972. The first kappa shape index (κ1) is 14.9. The summed E-state index contributed by atoms with van der Waals surface area (Å²) < 4.78 is 5.41. The van der Waals surface area contributed by atoms with Crippen molar-refractivity contribution in [2.75, 3.05) is 37.9 Å². The highest BCUT2D eigenvalue weighted by molar-refractivity contribution is 7.99. The quantitative estimate of drug-likeness (QED) is 0.463. The van der Waals surface area contributed by atoms with Crippen molar-refractivity contribution in [3.8, 4) is 0 Å².